The third kappa shape index (κ3) is 3.65. The van der Waals surface area contributed by atoms with E-state index in [2.05, 4.69) is 9.88 Å². The van der Waals surface area contributed by atoms with E-state index < -0.39 is 0 Å². The number of hydrogen-bond donors (Lipinski definition) is 0. The Kier molecular flexibility index (Phi) is 4.88. The normalized spacial score (nSPS) is 15.1. The largest absolute Gasteiger partial charge is 0.355 e. The molecule has 2 aromatic carbocycles. The SMILES string of the molecule is Cc1nc2ccccc2nc1N1CCC(Cn2c(C)nc3cc(F)ccc3c2=O)CC1. The summed E-state index contributed by atoms with van der Waals surface area (Å²) in [5.74, 6) is 1.57. The molecule has 0 unspecified atom stereocenters. The Morgan fingerprint density at radius 3 is 2.42 bits per heavy atom. The standard InChI is InChI=1S/C24H24FN5O/c1-15-23(28-21-6-4-3-5-20(21)26-15)29-11-9-17(10-12-29)14-30-16(2)27-22-13-18(25)7-8-19(22)24(30)31/h3-8,13,17H,9-12,14H2,1-2H3. The first-order valence-electron chi connectivity index (χ1n) is 10.6. The van der Waals surface area contributed by atoms with Gasteiger partial charge in [-0.05, 0) is 56.9 Å². The van der Waals surface area contributed by atoms with Gasteiger partial charge in [-0.15, -0.1) is 0 Å². The fourth-order valence-electron chi connectivity index (χ4n) is 4.48. The molecule has 1 aliphatic rings. The average molecular weight is 417 g/mol. The van der Waals surface area contributed by atoms with Gasteiger partial charge in [-0.3, -0.25) is 9.36 Å². The van der Waals surface area contributed by atoms with Crippen LogP contribution in [-0.4, -0.2) is 32.6 Å². The Hall–Kier alpha value is -3.35. The molecule has 1 fully saturated rings. The van der Waals surface area contributed by atoms with Gasteiger partial charge >= 0.3 is 0 Å². The lowest BCUT2D eigenvalue weighted by Gasteiger charge is -2.33. The third-order valence-corrected chi connectivity index (χ3v) is 6.18. The molecule has 158 valence electrons. The second-order valence-electron chi connectivity index (χ2n) is 8.29. The average Bonchev–Trinajstić information content (AvgIpc) is 2.76. The van der Waals surface area contributed by atoms with Gasteiger partial charge in [0.2, 0.25) is 0 Å². The first-order valence-corrected chi connectivity index (χ1v) is 10.6. The van der Waals surface area contributed by atoms with Crippen LogP contribution >= 0.6 is 0 Å². The Morgan fingerprint density at radius 1 is 0.968 bits per heavy atom. The number of para-hydroxylation sites is 2. The molecular weight excluding hydrogens is 393 g/mol. The van der Waals surface area contributed by atoms with E-state index in [1.165, 1.54) is 18.2 Å². The van der Waals surface area contributed by atoms with E-state index in [1.54, 1.807) is 4.57 Å². The Morgan fingerprint density at radius 2 is 1.68 bits per heavy atom. The highest BCUT2D eigenvalue weighted by atomic mass is 19.1. The summed E-state index contributed by atoms with van der Waals surface area (Å²) in [6.07, 6.45) is 1.92. The van der Waals surface area contributed by atoms with E-state index in [9.17, 15) is 9.18 Å². The van der Waals surface area contributed by atoms with Gasteiger partial charge < -0.3 is 4.90 Å². The van der Waals surface area contributed by atoms with Gasteiger partial charge in [0.05, 0.1) is 27.6 Å². The maximum absolute atomic E-state index is 13.5. The van der Waals surface area contributed by atoms with E-state index in [1.807, 2.05) is 38.1 Å². The highest BCUT2D eigenvalue weighted by molar-refractivity contribution is 5.77. The number of aryl methyl sites for hydroxylation is 2. The molecule has 5 rings (SSSR count). The number of hydrogen-bond acceptors (Lipinski definition) is 5. The van der Waals surface area contributed by atoms with Crippen LogP contribution in [0, 0.1) is 25.6 Å². The topological polar surface area (TPSA) is 63.9 Å². The molecule has 31 heavy (non-hydrogen) atoms. The predicted octanol–water partition coefficient (Wildman–Crippen LogP) is 4.01. The number of nitrogens with zero attached hydrogens (tertiary/aromatic N) is 5. The lowest BCUT2D eigenvalue weighted by atomic mass is 9.96. The maximum atomic E-state index is 13.5. The molecule has 0 bridgehead atoms. The molecule has 0 N–H and O–H groups in total. The fraction of sp³-hybridized carbons (Fsp3) is 0.333. The molecule has 0 atom stereocenters. The predicted molar refractivity (Wildman–Crippen MR) is 120 cm³/mol. The summed E-state index contributed by atoms with van der Waals surface area (Å²) in [5, 5.41) is 0.464. The van der Waals surface area contributed by atoms with Gasteiger partial charge in [0.15, 0.2) is 5.82 Å². The molecule has 7 heteroatoms. The van der Waals surface area contributed by atoms with E-state index in [-0.39, 0.29) is 11.4 Å². The number of rotatable bonds is 3. The molecule has 6 nitrogen and oxygen atoms in total. The van der Waals surface area contributed by atoms with Crippen molar-refractivity contribution < 1.29 is 4.39 Å². The second kappa shape index (κ2) is 7.72. The van der Waals surface area contributed by atoms with Crippen molar-refractivity contribution in [1.29, 1.82) is 0 Å². The van der Waals surface area contributed by atoms with Crippen LogP contribution in [0.15, 0.2) is 47.3 Å². The zero-order valence-electron chi connectivity index (χ0n) is 17.7. The molecule has 1 saturated heterocycles. The molecular formula is C24H24FN5O. The monoisotopic (exact) mass is 417 g/mol. The molecule has 0 spiro atoms. The van der Waals surface area contributed by atoms with Crippen molar-refractivity contribution in [2.24, 2.45) is 5.92 Å². The van der Waals surface area contributed by atoms with E-state index >= 15 is 0 Å². The Balaban J connectivity index is 1.34. The highest BCUT2D eigenvalue weighted by Crippen LogP contribution is 2.26. The first kappa shape index (κ1) is 19.6. The van der Waals surface area contributed by atoms with E-state index in [0.29, 0.717) is 29.2 Å². The first-order chi connectivity index (χ1) is 15.0. The van der Waals surface area contributed by atoms with Gasteiger partial charge in [-0.2, -0.15) is 0 Å². The fourth-order valence-corrected chi connectivity index (χ4v) is 4.48. The lowest BCUT2D eigenvalue weighted by Crippen LogP contribution is -2.37. The molecule has 2 aromatic heterocycles. The summed E-state index contributed by atoms with van der Waals surface area (Å²) in [6, 6.07) is 12.1. The Labute approximate surface area is 179 Å². The lowest BCUT2D eigenvalue weighted by molar-refractivity contribution is 0.347. The Bertz CT molecular complexity index is 1340. The number of anilines is 1. The number of halogens is 1. The summed E-state index contributed by atoms with van der Waals surface area (Å²) in [7, 11) is 0. The van der Waals surface area contributed by atoms with Gasteiger partial charge in [0.1, 0.15) is 11.6 Å². The second-order valence-corrected chi connectivity index (χ2v) is 8.29. The van der Waals surface area contributed by atoms with Crippen molar-refractivity contribution in [3.05, 3.63) is 70.2 Å². The van der Waals surface area contributed by atoms with Crippen molar-refractivity contribution in [1.82, 2.24) is 19.5 Å². The summed E-state index contributed by atoms with van der Waals surface area (Å²) in [6.45, 7) is 6.20. The summed E-state index contributed by atoms with van der Waals surface area (Å²) >= 11 is 0. The number of benzene rings is 2. The molecule has 0 aliphatic carbocycles. The molecule has 0 amide bonds. The molecule has 0 radical (unpaired) electrons. The van der Waals surface area contributed by atoms with Crippen molar-refractivity contribution in [3.63, 3.8) is 0 Å². The maximum Gasteiger partial charge on any atom is 0.261 e. The molecule has 0 saturated carbocycles. The van der Waals surface area contributed by atoms with E-state index in [4.69, 9.17) is 9.97 Å². The molecule has 4 aromatic rings. The van der Waals surface area contributed by atoms with Crippen molar-refractivity contribution in [2.45, 2.75) is 33.2 Å². The number of piperidine rings is 1. The van der Waals surface area contributed by atoms with Crippen LogP contribution < -0.4 is 10.5 Å². The summed E-state index contributed by atoms with van der Waals surface area (Å²) in [5.41, 5.74) is 3.08. The third-order valence-electron chi connectivity index (χ3n) is 6.18. The van der Waals surface area contributed by atoms with Crippen LogP contribution in [-0.2, 0) is 6.54 Å². The van der Waals surface area contributed by atoms with Crippen molar-refractivity contribution >= 4 is 27.8 Å². The van der Waals surface area contributed by atoms with Crippen LogP contribution in [0.5, 0.6) is 0 Å². The van der Waals surface area contributed by atoms with Crippen LogP contribution in [0.1, 0.15) is 24.4 Å². The van der Waals surface area contributed by atoms with Crippen molar-refractivity contribution in [2.75, 3.05) is 18.0 Å². The zero-order chi connectivity index (χ0) is 21.5. The van der Waals surface area contributed by atoms with Gasteiger partial charge in [0, 0.05) is 25.7 Å². The van der Waals surface area contributed by atoms with Gasteiger partial charge in [-0.1, -0.05) is 12.1 Å². The minimum Gasteiger partial charge on any atom is -0.355 e. The smallest absolute Gasteiger partial charge is 0.261 e. The summed E-state index contributed by atoms with van der Waals surface area (Å²) in [4.78, 5) is 29.3. The quantitative estimate of drug-likeness (QED) is 0.504. The minimum absolute atomic E-state index is 0.0961. The summed E-state index contributed by atoms with van der Waals surface area (Å²) < 4.78 is 15.2. The molecule has 1 aliphatic heterocycles. The van der Waals surface area contributed by atoms with Crippen LogP contribution in [0.2, 0.25) is 0 Å². The number of fused-ring (bicyclic) bond motifs is 2. The van der Waals surface area contributed by atoms with Gasteiger partial charge in [0.25, 0.3) is 5.56 Å². The highest BCUT2D eigenvalue weighted by Gasteiger charge is 2.23. The van der Waals surface area contributed by atoms with Crippen LogP contribution in [0.3, 0.4) is 0 Å². The van der Waals surface area contributed by atoms with Crippen LogP contribution in [0.25, 0.3) is 21.9 Å². The zero-order valence-corrected chi connectivity index (χ0v) is 17.7. The van der Waals surface area contributed by atoms with Gasteiger partial charge in [-0.25, -0.2) is 19.3 Å². The minimum atomic E-state index is -0.379. The van der Waals surface area contributed by atoms with Crippen molar-refractivity contribution in [3.8, 4) is 0 Å². The van der Waals surface area contributed by atoms with Crippen LogP contribution in [0.4, 0.5) is 10.2 Å². The molecule has 3 heterocycles. The number of aromatic nitrogens is 4. The van der Waals surface area contributed by atoms with E-state index in [0.717, 1.165) is 48.5 Å².